The molecule has 0 aliphatic rings. The first-order chi connectivity index (χ1) is 15.0. The van der Waals surface area contributed by atoms with Gasteiger partial charge < -0.3 is 0 Å². The lowest BCUT2D eigenvalue weighted by Crippen LogP contribution is -2.13. The van der Waals surface area contributed by atoms with Crippen LogP contribution >= 0.6 is 0 Å². The number of aldehydes is 1. The third kappa shape index (κ3) is 11.7. The van der Waals surface area contributed by atoms with E-state index < -0.39 is 0 Å². The van der Waals surface area contributed by atoms with Crippen LogP contribution in [-0.2, 0) is 6.42 Å². The summed E-state index contributed by atoms with van der Waals surface area (Å²) in [6.07, 6.45) is 20.4. The molecule has 2 heteroatoms. The SMILES string of the molecule is CCCCCCCCCCCCCC(C)CCc1ccc(C=O)c(C(=O)C(C)CC)c1. The molecular weight excluding hydrogens is 380 g/mol. The molecule has 2 atom stereocenters. The highest BCUT2D eigenvalue weighted by molar-refractivity contribution is 6.04. The van der Waals surface area contributed by atoms with Gasteiger partial charge in [-0.3, -0.25) is 9.59 Å². The van der Waals surface area contributed by atoms with Gasteiger partial charge in [0.15, 0.2) is 12.1 Å². The van der Waals surface area contributed by atoms with Crippen molar-refractivity contribution in [3.8, 4) is 0 Å². The molecule has 176 valence electrons. The smallest absolute Gasteiger partial charge is 0.166 e. The Labute approximate surface area is 192 Å². The lowest BCUT2D eigenvalue weighted by Gasteiger charge is -2.14. The molecule has 1 aromatic rings. The molecule has 0 aliphatic heterocycles. The second-order valence-corrected chi connectivity index (χ2v) is 9.68. The number of carbonyl (C=O) groups is 2. The summed E-state index contributed by atoms with van der Waals surface area (Å²) in [6.45, 7) is 8.59. The number of benzene rings is 1. The molecule has 0 spiro atoms. The lowest BCUT2D eigenvalue weighted by atomic mass is 9.90. The largest absolute Gasteiger partial charge is 0.298 e. The Balaban J connectivity index is 2.24. The van der Waals surface area contributed by atoms with E-state index in [1.54, 1.807) is 0 Å². The summed E-state index contributed by atoms with van der Waals surface area (Å²) >= 11 is 0. The van der Waals surface area contributed by atoms with E-state index in [9.17, 15) is 9.59 Å². The minimum Gasteiger partial charge on any atom is -0.298 e. The van der Waals surface area contributed by atoms with Crippen molar-refractivity contribution in [3.05, 3.63) is 34.9 Å². The van der Waals surface area contributed by atoms with Crippen LogP contribution in [0, 0.1) is 11.8 Å². The maximum atomic E-state index is 12.6. The first-order valence-electron chi connectivity index (χ1n) is 13.2. The Bertz CT molecular complexity index is 619. The summed E-state index contributed by atoms with van der Waals surface area (Å²) in [4.78, 5) is 24.0. The number of rotatable bonds is 19. The second kappa shape index (κ2) is 17.2. The Morgan fingerprint density at radius 2 is 1.42 bits per heavy atom. The Morgan fingerprint density at radius 1 is 0.839 bits per heavy atom. The molecule has 2 nitrogen and oxygen atoms in total. The van der Waals surface area contributed by atoms with Crippen LogP contribution in [0.1, 0.15) is 144 Å². The quantitative estimate of drug-likeness (QED) is 0.125. The molecule has 0 aromatic heterocycles. The predicted octanol–water partition coefficient (Wildman–Crippen LogP) is 9.00. The first kappa shape index (κ1) is 27.6. The van der Waals surface area contributed by atoms with E-state index >= 15 is 0 Å². The highest BCUT2D eigenvalue weighted by atomic mass is 16.1. The minimum absolute atomic E-state index is 0.0334. The Morgan fingerprint density at radius 3 is 1.97 bits per heavy atom. The molecule has 0 fully saturated rings. The van der Waals surface area contributed by atoms with Gasteiger partial charge >= 0.3 is 0 Å². The van der Waals surface area contributed by atoms with E-state index in [-0.39, 0.29) is 11.7 Å². The van der Waals surface area contributed by atoms with Gasteiger partial charge in [-0.25, -0.2) is 0 Å². The fourth-order valence-electron chi connectivity index (χ4n) is 4.24. The molecule has 0 heterocycles. The van der Waals surface area contributed by atoms with E-state index in [0.717, 1.165) is 25.5 Å². The average Bonchev–Trinajstić information content (AvgIpc) is 2.79. The zero-order valence-electron chi connectivity index (χ0n) is 20.9. The van der Waals surface area contributed by atoms with Crippen LogP contribution < -0.4 is 0 Å². The van der Waals surface area contributed by atoms with Gasteiger partial charge in [-0.05, 0) is 36.8 Å². The number of Topliss-reactive ketones (excluding diaryl/α,β-unsaturated/α-hetero) is 1. The van der Waals surface area contributed by atoms with Gasteiger partial charge in [0, 0.05) is 17.0 Å². The molecule has 2 unspecified atom stereocenters. The average molecular weight is 429 g/mol. The summed E-state index contributed by atoms with van der Waals surface area (Å²) in [5.74, 6) is 0.771. The van der Waals surface area contributed by atoms with Crippen molar-refractivity contribution in [2.75, 3.05) is 0 Å². The van der Waals surface area contributed by atoms with Crippen molar-refractivity contribution in [2.24, 2.45) is 11.8 Å². The van der Waals surface area contributed by atoms with Crippen molar-refractivity contribution >= 4 is 12.1 Å². The number of aryl methyl sites for hydroxylation is 1. The summed E-state index contributed by atoms with van der Waals surface area (Å²) in [5, 5.41) is 0. The third-order valence-electron chi connectivity index (χ3n) is 6.80. The van der Waals surface area contributed by atoms with Crippen molar-refractivity contribution in [3.63, 3.8) is 0 Å². The summed E-state index contributed by atoms with van der Waals surface area (Å²) in [6, 6.07) is 5.81. The molecular formula is C29H48O2. The minimum atomic E-state index is -0.0334. The van der Waals surface area contributed by atoms with E-state index in [2.05, 4.69) is 13.8 Å². The highest BCUT2D eigenvalue weighted by Gasteiger charge is 2.17. The number of unbranched alkanes of at least 4 members (excludes halogenated alkanes) is 10. The normalized spacial score (nSPS) is 13.2. The van der Waals surface area contributed by atoms with Gasteiger partial charge in [0.2, 0.25) is 0 Å². The molecule has 0 radical (unpaired) electrons. The molecule has 0 aliphatic carbocycles. The van der Waals surface area contributed by atoms with Crippen molar-refractivity contribution in [2.45, 2.75) is 124 Å². The zero-order valence-corrected chi connectivity index (χ0v) is 20.9. The zero-order chi connectivity index (χ0) is 22.9. The van der Waals surface area contributed by atoms with Crippen LogP contribution in [0.2, 0.25) is 0 Å². The van der Waals surface area contributed by atoms with E-state index in [1.165, 1.54) is 82.6 Å². The monoisotopic (exact) mass is 428 g/mol. The van der Waals surface area contributed by atoms with Gasteiger partial charge in [0.05, 0.1) is 0 Å². The fourth-order valence-corrected chi connectivity index (χ4v) is 4.24. The summed E-state index contributed by atoms with van der Waals surface area (Å²) < 4.78 is 0. The third-order valence-corrected chi connectivity index (χ3v) is 6.80. The fraction of sp³-hybridized carbons (Fsp3) is 0.724. The highest BCUT2D eigenvalue weighted by Crippen LogP contribution is 2.21. The second-order valence-electron chi connectivity index (χ2n) is 9.68. The van der Waals surface area contributed by atoms with Gasteiger partial charge in [0.1, 0.15) is 0 Å². The molecule has 31 heavy (non-hydrogen) atoms. The maximum absolute atomic E-state index is 12.6. The Hall–Kier alpha value is -1.44. The summed E-state index contributed by atoms with van der Waals surface area (Å²) in [5.41, 5.74) is 2.32. The molecule has 0 bridgehead atoms. The number of hydrogen-bond donors (Lipinski definition) is 0. The molecule has 0 amide bonds. The first-order valence-corrected chi connectivity index (χ1v) is 13.2. The van der Waals surface area contributed by atoms with Crippen LogP contribution in [0.25, 0.3) is 0 Å². The van der Waals surface area contributed by atoms with Gasteiger partial charge in [-0.15, -0.1) is 0 Å². The van der Waals surface area contributed by atoms with Crippen LogP contribution in [0.4, 0.5) is 0 Å². The van der Waals surface area contributed by atoms with Gasteiger partial charge in [-0.1, -0.05) is 117 Å². The van der Waals surface area contributed by atoms with Gasteiger partial charge in [0.25, 0.3) is 0 Å². The predicted molar refractivity (Wildman–Crippen MR) is 134 cm³/mol. The van der Waals surface area contributed by atoms with Crippen LogP contribution in [0.3, 0.4) is 0 Å². The summed E-state index contributed by atoms with van der Waals surface area (Å²) in [7, 11) is 0. The van der Waals surface area contributed by atoms with E-state index in [0.29, 0.717) is 17.0 Å². The standard InChI is InChI=1S/C29H48O2/c1-5-7-8-9-10-11-12-13-14-15-16-17-24(3)18-19-26-20-21-27(23-30)28(22-26)29(31)25(4)6-2/h20-25H,5-19H2,1-4H3. The maximum Gasteiger partial charge on any atom is 0.166 e. The number of carbonyl (C=O) groups excluding carboxylic acids is 2. The topological polar surface area (TPSA) is 34.1 Å². The van der Waals surface area contributed by atoms with E-state index in [4.69, 9.17) is 0 Å². The molecule has 0 N–H and O–H groups in total. The van der Waals surface area contributed by atoms with Crippen LogP contribution in [-0.4, -0.2) is 12.1 Å². The number of ketones is 1. The molecule has 1 rings (SSSR count). The van der Waals surface area contributed by atoms with E-state index in [1.807, 2.05) is 32.0 Å². The Kier molecular flexibility index (Phi) is 15.3. The lowest BCUT2D eigenvalue weighted by molar-refractivity contribution is 0.0922. The van der Waals surface area contributed by atoms with Gasteiger partial charge in [-0.2, -0.15) is 0 Å². The van der Waals surface area contributed by atoms with Crippen molar-refractivity contribution < 1.29 is 9.59 Å². The van der Waals surface area contributed by atoms with Crippen molar-refractivity contribution in [1.29, 1.82) is 0 Å². The van der Waals surface area contributed by atoms with Crippen LogP contribution in [0.15, 0.2) is 18.2 Å². The molecule has 0 saturated carbocycles. The van der Waals surface area contributed by atoms with Crippen molar-refractivity contribution in [1.82, 2.24) is 0 Å². The molecule has 1 aromatic carbocycles. The molecule has 0 saturated heterocycles. The van der Waals surface area contributed by atoms with Crippen LogP contribution in [0.5, 0.6) is 0 Å². The number of hydrogen-bond acceptors (Lipinski definition) is 2.